The molecule has 1 N–H and O–H groups in total. The molecule has 2 aromatic heterocycles. The van der Waals surface area contributed by atoms with Crippen molar-refractivity contribution >= 4 is 43.8 Å². The van der Waals surface area contributed by atoms with Gasteiger partial charge in [-0.2, -0.15) is 0 Å². The van der Waals surface area contributed by atoms with Crippen LogP contribution in [-0.4, -0.2) is 10.9 Å². The summed E-state index contributed by atoms with van der Waals surface area (Å²) in [7, 11) is 0. The highest BCUT2D eigenvalue weighted by Gasteiger charge is 2.13. The molecule has 0 saturated carbocycles. The third-order valence-corrected chi connectivity index (χ3v) is 4.93. The molecule has 3 nitrogen and oxygen atoms in total. The second-order valence-electron chi connectivity index (χ2n) is 4.98. The fraction of sp³-hybridized carbons (Fsp3) is 0.200. The molecule has 3 rings (SSSR count). The van der Waals surface area contributed by atoms with E-state index in [0.29, 0.717) is 15.9 Å². The lowest BCUT2D eigenvalue weighted by molar-refractivity contribution is 0.103. The number of fused-ring (bicyclic) bond motifs is 1. The number of benzene rings is 1. The van der Waals surface area contributed by atoms with Crippen LogP contribution in [0.25, 0.3) is 10.1 Å². The molecule has 21 heavy (non-hydrogen) atoms. The van der Waals surface area contributed by atoms with E-state index in [1.807, 2.05) is 5.38 Å². The minimum absolute atomic E-state index is 0.207. The summed E-state index contributed by atoms with van der Waals surface area (Å²) >= 11 is 2.76. The molecule has 1 amide bonds. The maximum absolute atomic E-state index is 13.2. The molecule has 6 heteroatoms. The van der Waals surface area contributed by atoms with Crippen molar-refractivity contribution in [1.82, 2.24) is 4.98 Å². The standard InChI is InChI=1S/C15H13FN2OS2/c1-8(2)11-7-20-15(17-11)18-14(19)13-6-9-5-10(16)3-4-12(9)21-13/h3-8H,1-2H3,(H,17,18,19). The molecule has 0 spiro atoms. The van der Waals surface area contributed by atoms with Gasteiger partial charge in [0, 0.05) is 10.1 Å². The molecule has 0 unspecified atom stereocenters. The van der Waals surface area contributed by atoms with Gasteiger partial charge in [-0.1, -0.05) is 13.8 Å². The largest absolute Gasteiger partial charge is 0.297 e. The molecule has 3 aromatic rings. The van der Waals surface area contributed by atoms with Crippen LogP contribution < -0.4 is 5.32 Å². The van der Waals surface area contributed by atoms with Gasteiger partial charge in [0.15, 0.2) is 5.13 Å². The van der Waals surface area contributed by atoms with Crippen LogP contribution in [0.3, 0.4) is 0 Å². The molecule has 0 bridgehead atoms. The van der Waals surface area contributed by atoms with E-state index in [9.17, 15) is 9.18 Å². The summed E-state index contributed by atoms with van der Waals surface area (Å²) in [6, 6.07) is 6.22. The molecule has 0 atom stereocenters. The first-order chi connectivity index (χ1) is 10.0. The molecule has 0 radical (unpaired) electrons. The zero-order valence-electron chi connectivity index (χ0n) is 11.5. The van der Waals surface area contributed by atoms with Gasteiger partial charge in [0.1, 0.15) is 5.82 Å². The second kappa shape index (κ2) is 5.54. The van der Waals surface area contributed by atoms with Crippen molar-refractivity contribution in [3.63, 3.8) is 0 Å². The summed E-state index contributed by atoms with van der Waals surface area (Å²) in [5.74, 6) is -0.172. The van der Waals surface area contributed by atoms with Gasteiger partial charge < -0.3 is 0 Å². The van der Waals surface area contributed by atoms with E-state index < -0.39 is 0 Å². The highest BCUT2D eigenvalue weighted by molar-refractivity contribution is 7.21. The molecule has 0 aliphatic carbocycles. The van der Waals surface area contributed by atoms with E-state index in [0.717, 1.165) is 15.8 Å². The third kappa shape index (κ3) is 2.96. The Labute approximate surface area is 129 Å². The molecule has 2 heterocycles. The van der Waals surface area contributed by atoms with Crippen LogP contribution in [0.15, 0.2) is 29.6 Å². The number of thiazole rings is 1. The second-order valence-corrected chi connectivity index (χ2v) is 6.92. The summed E-state index contributed by atoms with van der Waals surface area (Å²) < 4.78 is 14.1. The van der Waals surface area contributed by atoms with Crippen molar-refractivity contribution in [2.75, 3.05) is 5.32 Å². The van der Waals surface area contributed by atoms with Crippen molar-refractivity contribution < 1.29 is 9.18 Å². The van der Waals surface area contributed by atoms with Gasteiger partial charge >= 0.3 is 0 Å². The zero-order chi connectivity index (χ0) is 15.0. The van der Waals surface area contributed by atoms with Crippen molar-refractivity contribution in [2.45, 2.75) is 19.8 Å². The van der Waals surface area contributed by atoms with E-state index >= 15 is 0 Å². The Morgan fingerprint density at radius 3 is 2.86 bits per heavy atom. The summed E-state index contributed by atoms with van der Waals surface area (Å²) in [6.07, 6.45) is 0. The number of aromatic nitrogens is 1. The molecule has 0 fully saturated rings. The minimum atomic E-state index is -0.297. The van der Waals surface area contributed by atoms with Gasteiger partial charge in [-0.25, -0.2) is 9.37 Å². The topological polar surface area (TPSA) is 42.0 Å². The number of amides is 1. The van der Waals surface area contributed by atoms with E-state index in [1.54, 1.807) is 12.1 Å². The lowest BCUT2D eigenvalue weighted by atomic mass is 10.2. The number of carbonyl (C=O) groups excluding carboxylic acids is 1. The van der Waals surface area contributed by atoms with Gasteiger partial charge in [0.25, 0.3) is 5.91 Å². The summed E-state index contributed by atoms with van der Waals surface area (Å²) in [4.78, 5) is 17.1. The van der Waals surface area contributed by atoms with Gasteiger partial charge in [-0.15, -0.1) is 22.7 Å². The van der Waals surface area contributed by atoms with Crippen LogP contribution in [0.4, 0.5) is 9.52 Å². The number of nitrogens with one attached hydrogen (secondary N) is 1. The smallest absolute Gasteiger partial charge is 0.267 e. The first-order valence-corrected chi connectivity index (χ1v) is 8.18. The van der Waals surface area contributed by atoms with Gasteiger partial charge in [-0.05, 0) is 35.6 Å². The Hall–Kier alpha value is -1.79. The zero-order valence-corrected chi connectivity index (χ0v) is 13.1. The number of nitrogens with zero attached hydrogens (tertiary/aromatic N) is 1. The van der Waals surface area contributed by atoms with Crippen LogP contribution in [-0.2, 0) is 0 Å². The predicted octanol–water partition coefficient (Wildman–Crippen LogP) is 4.87. The van der Waals surface area contributed by atoms with Gasteiger partial charge in [0.05, 0.1) is 10.6 Å². The highest BCUT2D eigenvalue weighted by atomic mass is 32.1. The Bertz CT molecular complexity index is 807. The first-order valence-electron chi connectivity index (χ1n) is 6.49. The Balaban J connectivity index is 1.82. The highest BCUT2D eigenvalue weighted by Crippen LogP contribution is 2.28. The SMILES string of the molecule is CC(C)c1csc(NC(=O)c2cc3cc(F)ccc3s2)n1. The molecule has 0 aliphatic rings. The van der Waals surface area contributed by atoms with Crippen molar-refractivity contribution in [2.24, 2.45) is 0 Å². The monoisotopic (exact) mass is 320 g/mol. The van der Waals surface area contributed by atoms with Gasteiger partial charge in [-0.3, -0.25) is 10.1 Å². The number of rotatable bonds is 3. The summed E-state index contributed by atoms with van der Waals surface area (Å²) in [6.45, 7) is 4.11. The maximum Gasteiger partial charge on any atom is 0.267 e. The van der Waals surface area contributed by atoms with Crippen molar-refractivity contribution in [3.8, 4) is 0 Å². The lowest BCUT2D eigenvalue weighted by Gasteiger charge is -1.99. The van der Waals surface area contributed by atoms with Crippen molar-refractivity contribution in [1.29, 1.82) is 0 Å². The van der Waals surface area contributed by atoms with Crippen molar-refractivity contribution in [3.05, 3.63) is 46.0 Å². The van der Waals surface area contributed by atoms with E-state index in [4.69, 9.17) is 0 Å². The molecular formula is C15H13FN2OS2. The molecule has 0 aliphatic heterocycles. The molecule has 108 valence electrons. The molecular weight excluding hydrogens is 307 g/mol. The molecule has 0 saturated heterocycles. The maximum atomic E-state index is 13.2. The van der Waals surface area contributed by atoms with E-state index in [1.165, 1.54) is 34.8 Å². The number of anilines is 1. The normalized spacial score (nSPS) is 11.2. The van der Waals surface area contributed by atoms with Gasteiger partial charge in [0.2, 0.25) is 0 Å². The number of thiophene rings is 1. The quantitative estimate of drug-likeness (QED) is 0.748. The van der Waals surface area contributed by atoms with Crippen LogP contribution in [0.2, 0.25) is 0 Å². The van der Waals surface area contributed by atoms with Crippen LogP contribution in [0, 0.1) is 5.82 Å². The fourth-order valence-electron chi connectivity index (χ4n) is 1.89. The minimum Gasteiger partial charge on any atom is -0.297 e. The molecule has 1 aromatic carbocycles. The number of hydrogen-bond acceptors (Lipinski definition) is 4. The van der Waals surface area contributed by atoms with Crippen LogP contribution in [0.5, 0.6) is 0 Å². The number of carbonyl (C=O) groups is 1. The fourth-order valence-corrected chi connectivity index (χ4v) is 3.70. The summed E-state index contributed by atoms with van der Waals surface area (Å²) in [5, 5.41) is 6.07. The van der Waals surface area contributed by atoms with E-state index in [-0.39, 0.29) is 11.7 Å². The van der Waals surface area contributed by atoms with E-state index in [2.05, 4.69) is 24.1 Å². The predicted molar refractivity (Wildman–Crippen MR) is 85.9 cm³/mol. The summed E-state index contributed by atoms with van der Waals surface area (Å²) in [5.41, 5.74) is 0.966. The Morgan fingerprint density at radius 2 is 2.14 bits per heavy atom. The number of hydrogen-bond donors (Lipinski definition) is 1. The van der Waals surface area contributed by atoms with Crippen LogP contribution >= 0.6 is 22.7 Å². The number of halogens is 1. The average molecular weight is 320 g/mol. The lowest BCUT2D eigenvalue weighted by Crippen LogP contribution is -2.09. The average Bonchev–Trinajstić information content (AvgIpc) is 3.04. The third-order valence-electron chi connectivity index (χ3n) is 3.04. The Morgan fingerprint density at radius 1 is 1.33 bits per heavy atom. The van der Waals surface area contributed by atoms with Crippen LogP contribution in [0.1, 0.15) is 35.1 Å². The first kappa shape index (κ1) is 14.2. The Kier molecular flexibility index (Phi) is 3.73.